The highest BCUT2D eigenvalue weighted by atomic mass is 32.1. The van der Waals surface area contributed by atoms with Crippen LogP contribution in [-0.4, -0.2) is 33.8 Å². The maximum atomic E-state index is 12.6. The zero-order valence-corrected chi connectivity index (χ0v) is 11.9. The van der Waals surface area contributed by atoms with E-state index >= 15 is 0 Å². The Labute approximate surface area is 116 Å². The van der Waals surface area contributed by atoms with E-state index < -0.39 is 5.54 Å². The first-order valence-electron chi connectivity index (χ1n) is 6.50. The summed E-state index contributed by atoms with van der Waals surface area (Å²) in [6.45, 7) is 4.43. The summed E-state index contributed by atoms with van der Waals surface area (Å²) in [4.78, 5) is 31.4. The predicted octanol–water partition coefficient (Wildman–Crippen LogP) is 1.08. The Hall–Kier alpha value is -1.43. The third kappa shape index (κ3) is 2.14. The van der Waals surface area contributed by atoms with Crippen molar-refractivity contribution in [1.29, 1.82) is 0 Å². The molecule has 6 heteroatoms. The predicted molar refractivity (Wildman–Crippen MR) is 71.5 cm³/mol. The zero-order chi connectivity index (χ0) is 13.6. The molecule has 0 radical (unpaired) electrons. The van der Waals surface area contributed by atoms with Gasteiger partial charge >= 0.3 is 0 Å². The second-order valence-electron chi connectivity index (χ2n) is 5.55. The average Bonchev–Trinajstić information content (AvgIpc) is 3.13. The molecular weight excluding hydrogens is 262 g/mol. The Morgan fingerprint density at radius 2 is 2.26 bits per heavy atom. The summed E-state index contributed by atoms with van der Waals surface area (Å²) in [5.74, 6) is 0.285. The third-order valence-electron chi connectivity index (χ3n) is 4.04. The Bertz CT molecular complexity index is 538. The quantitative estimate of drug-likeness (QED) is 0.900. The van der Waals surface area contributed by atoms with Crippen molar-refractivity contribution in [3.05, 3.63) is 16.1 Å². The molecule has 1 unspecified atom stereocenters. The summed E-state index contributed by atoms with van der Waals surface area (Å²) >= 11 is 1.53. The van der Waals surface area contributed by atoms with Crippen LogP contribution in [-0.2, 0) is 16.1 Å². The topological polar surface area (TPSA) is 62.3 Å². The largest absolute Gasteiger partial charge is 0.340 e. The van der Waals surface area contributed by atoms with E-state index in [4.69, 9.17) is 0 Å². The monoisotopic (exact) mass is 279 g/mol. The van der Waals surface area contributed by atoms with Gasteiger partial charge in [-0.2, -0.15) is 0 Å². The molecular formula is C13H17N3O2S. The number of amides is 2. The van der Waals surface area contributed by atoms with Gasteiger partial charge in [-0.15, -0.1) is 11.3 Å². The molecule has 2 heterocycles. The molecule has 19 heavy (non-hydrogen) atoms. The van der Waals surface area contributed by atoms with Crippen molar-refractivity contribution < 1.29 is 9.59 Å². The number of thiazole rings is 1. The number of hydrogen-bond donors (Lipinski definition) is 1. The van der Waals surface area contributed by atoms with E-state index in [1.807, 2.05) is 13.8 Å². The summed E-state index contributed by atoms with van der Waals surface area (Å²) in [6.07, 6.45) is 2.05. The van der Waals surface area contributed by atoms with Crippen molar-refractivity contribution in [2.75, 3.05) is 6.54 Å². The number of rotatable bonds is 3. The standard InChI is InChI=1S/C13H17N3O2S/c1-8-10(19-7-14-8)5-16-6-11(17)15-13(2,12(16)18)9-3-4-9/h7,9H,3-6H2,1-2H3,(H,15,17). The molecule has 2 aliphatic rings. The summed E-state index contributed by atoms with van der Waals surface area (Å²) in [5, 5.41) is 2.89. The number of aryl methyl sites for hydroxylation is 1. The lowest BCUT2D eigenvalue weighted by Gasteiger charge is -2.40. The molecule has 1 saturated carbocycles. The highest BCUT2D eigenvalue weighted by Gasteiger charge is 2.52. The Morgan fingerprint density at radius 1 is 1.53 bits per heavy atom. The number of hydrogen-bond acceptors (Lipinski definition) is 4. The van der Waals surface area contributed by atoms with Crippen molar-refractivity contribution >= 4 is 23.2 Å². The highest BCUT2D eigenvalue weighted by molar-refractivity contribution is 7.09. The van der Waals surface area contributed by atoms with Crippen LogP contribution in [0, 0.1) is 12.8 Å². The van der Waals surface area contributed by atoms with Gasteiger partial charge in [0.25, 0.3) is 0 Å². The van der Waals surface area contributed by atoms with Gasteiger partial charge in [-0.1, -0.05) is 0 Å². The molecule has 1 aliphatic carbocycles. The molecule has 0 spiro atoms. The zero-order valence-electron chi connectivity index (χ0n) is 11.1. The number of piperazine rings is 1. The fourth-order valence-corrected chi connectivity index (χ4v) is 3.46. The van der Waals surface area contributed by atoms with Gasteiger partial charge in [-0.25, -0.2) is 4.98 Å². The van der Waals surface area contributed by atoms with E-state index in [1.54, 1.807) is 10.4 Å². The molecule has 2 fully saturated rings. The summed E-state index contributed by atoms with van der Waals surface area (Å²) < 4.78 is 0. The molecule has 1 aromatic heterocycles. The summed E-state index contributed by atoms with van der Waals surface area (Å²) in [5.41, 5.74) is 2.02. The lowest BCUT2D eigenvalue weighted by Crippen LogP contribution is -2.66. The fourth-order valence-electron chi connectivity index (χ4n) is 2.67. The van der Waals surface area contributed by atoms with Crippen LogP contribution in [0.2, 0.25) is 0 Å². The van der Waals surface area contributed by atoms with Crippen LogP contribution >= 0.6 is 11.3 Å². The second kappa shape index (κ2) is 4.30. The number of aromatic nitrogens is 1. The smallest absolute Gasteiger partial charge is 0.249 e. The van der Waals surface area contributed by atoms with Gasteiger partial charge < -0.3 is 10.2 Å². The minimum absolute atomic E-state index is 0.0439. The molecule has 1 saturated heterocycles. The SMILES string of the molecule is Cc1ncsc1CN1CC(=O)NC(C)(C2CC2)C1=O. The fraction of sp³-hybridized carbons (Fsp3) is 0.615. The van der Waals surface area contributed by atoms with Crippen molar-refractivity contribution in [3.8, 4) is 0 Å². The van der Waals surface area contributed by atoms with Gasteiger partial charge in [0, 0.05) is 4.88 Å². The lowest BCUT2D eigenvalue weighted by atomic mass is 9.91. The van der Waals surface area contributed by atoms with E-state index in [1.165, 1.54) is 11.3 Å². The van der Waals surface area contributed by atoms with Gasteiger partial charge in [0.1, 0.15) is 12.1 Å². The molecule has 3 rings (SSSR count). The molecule has 102 valence electrons. The minimum Gasteiger partial charge on any atom is -0.340 e. The van der Waals surface area contributed by atoms with Crippen molar-refractivity contribution in [1.82, 2.24) is 15.2 Å². The third-order valence-corrected chi connectivity index (χ3v) is 4.96. The van der Waals surface area contributed by atoms with Crippen molar-refractivity contribution in [2.45, 2.75) is 38.8 Å². The van der Waals surface area contributed by atoms with E-state index in [0.29, 0.717) is 12.5 Å². The Balaban J connectivity index is 1.82. The first kappa shape index (κ1) is 12.6. The molecule has 1 aliphatic heterocycles. The van der Waals surface area contributed by atoms with Gasteiger partial charge in [0.15, 0.2) is 0 Å². The molecule has 5 nitrogen and oxygen atoms in total. The number of carbonyl (C=O) groups excluding carboxylic acids is 2. The van der Waals surface area contributed by atoms with Gasteiger partial charge in [-0.05, 0) is 32.6 Å². The average molecular weight is 279 g/mol. The van der Waals surface area contributed by atoms with Crippen molar-refractivity contribution in [3.63, 3.8) is 0 Å². The molecule has 0 bridgehead atoms. The van der Waals surface area contributed by atoms with Crippen molar-refractivity contribution in [2.24, 2.45) is 5.92 Å². The Morgan fingerprint density at radius 3 is 2.84 bits per heavy atom. The summed E-state index contributed by atoms with van der Waals surface area (Å²) in [7, 11) is 0. The van der Waals surface area contributed by atoms with Crippen LogP contribution in [0.25, 0.3) is 0 Å². The molecule has 2 amide bonds. The summed E-state index contributed by atoms with van der Waals surface area (Å²) in [6, 6.07) is 0. The first-order valence-corrected chi connectivity index (χ1v) is 7.38. The minimum atomic E-state index is -0.700. The van der Waals surface area contributed by atoms with E-state index in [0.717, 1.165) is 23.4 Å². The Kier molecular flexibility index (Phi) is 2.85. The van der Waals surface area contributed by atoms with Crippen LogP contribution in [0.15, 0.2) is 5.51 Å². The molecule has 0 aromatic carbocycles. The van der Waals surface area contributed by atoms with E-state index in [9.17, 15) is 9.59 Å². The molecule has 1 atom stereocenters. The highest BCUT2D eigenvalue weighted by Crippen LogP contribution is 2.41. The van der Waals surface area contributed by atoms with E-state index in [-0.39, 0.29) is 18.4 Å². The van der Waals surface area contributed by atoms with Gasteiger partial charge in [0.2, 0.25) is 11.8 Å². The van der Waals surface area contributed by atoms with Crippen LogP contribution < -0.4 is 5.32 Å². The van der Waals surface area contributed by atoms with Crippen LogP contribution in [0.5, 0.6) is 0 Å². The second-order valence-corrected chi connectivity index (χ2v) is 6.49. The van der Waals surface area contributed by atoms with Gasteiger partial charge in [-0.3, -0.25) is 9.59 Å². The molecule has 1 N–H and O–H groups in total. The normalized spacial score (nSPS) is 27.6. The van der Waals surface area contributed by atoms with E-state index in [2.05, 4.69) is 10.3 Å². The maximum Gasteiger partial charge on any atom is 0.249 e. The number of nitrogens with zero attached hydrogens (tertiary/aromatic N) is 2. The van der Waals surface area contributed by atoms with Crippen LogP contribution in [0.1, 0.15) is 30.3 Å². The molecule has 1 aromatic rings. The van der Waals surface area contributed by atoms with Gasteiger partial charge in [0.05, 0.1) is 17.7 Å². The number of carbonyl (C=O) groups is 2. The maximum absolute atomic E-state index is 12.6. The van der Waals surface area contributed by atoms with Crippen LogP contribution in [0.4, 0.5) is 0 Å². The first-order chi connectivity index (χ1) is 9.00. The number of nitrogens with one attached hydrogen (secondary N) is 1. The lowest BCUT2D eigenvalue weighted by molar-refractivity contribution is -0.150. The van der Waals surface area contributed by atoms with Crippen LogP contribution in [0.3, 0.4) is 0 Å².